The standard InChI is InChI=1S/C11H22N2O3S/c1-11(15,7-17-3)6-13-10(14)9-4-8(16-2)5-12-9/h8-9,12,15H,4-7H2,1-3H3,(H,13,14). The SMILES string of the molecule is COC1CNC(C(=O)NCC(C)(O)CSC)C1. The molecule has 5 nitrogen and oxygen atoms in total. The van der Waals surface area contributed by atoms with Crippen LogP contribution in [0.25, 0.3) is 0 Å². The van der Waals surface area contributed by atoms with E-state index in [-0.39, 0.29) is 24.6 Å². The van der Waals surface area contributed by atoms with Gasteiger partial charge in [0.2, 0.25) is 5.91 Å². The molecule has 0 bridgehead atoms. The molecule has 1 heterocycles. The van der Waals surface area contributed by atoms with Gasteiger partial charge in [0, 0.05) is 26.0 Å². The van der Waals surface area contributed by atoms with Crippen molar-refractivity contribution in [1.29, 1.82) is 0 Å². The van der Waals surface area contributed by atoms with Gasteiger partial charge in [-0.2, -0.15) is 11.8 Å². The molecule has 0 aromatic heterocycles. The third-order valence-corrected chi connectivity index (χ3v) is 3.75. The van der Waals surface area contributed by atoms with Crippen molar-refractivity contribution in [2.75, 3.05) is 32.2 Å². The number of aliphatic hydroxyl groups is 1. The van der Waals surface area contributed by atoms with E-state index in [9.17, 15) is 9.90 Å². The van der Waals surface area contributed by atoms with Crippen molar-refractivity contribution >= 4 is 17.7 Å². The van der Waals surface area contributed by atoms with Crippen LogP contribution < -0.4 is 10.6 Å². The van der Waals surface area contributed by atoms with Crippen LogP contribution in [0.5, 0.6) is 0 Å². The second kappa shape index (κ2) is 6.58. The number of nitrogens with one attached hydrogen (secondary N) is 2. The molecule has 1 rings (SSSR count). The third kappa shape index (κ3) is 4.83. The molecule has 6 heteroatoms. The van der Waals surface area contributed by atoms with Gasteiger partial charge in [0.05, 0.1) is 17.7 Å². The second-order valence-electron chi connectivity index (χ2n) is 4.70. The molecule has 0 aliphatic carbocycles. The Morgan fingerprint density at radius 2 is 2.41 bits per heavy atom. The number of hydrogen-bond donors (Lipinski definition) is 3. The Morgan fingerprint density at radius 1 is 1.71 bits per heavy atom. The molecule has 1 aliphatic heterocycles. The van der Waals surface area contributed by atoms with Gasteiger partial charge in [-0.05, 0) is 19.6 Å². The molecule has 100 valence electrons. The molecular formula is C11H22N2O3S. The Bertz CT molecular complexity index is 261. The number of methoxy groups -OCH3 is 1. The van der Waals surface area contributed by atoms with Gasteiger partial charge >= 0.3 is 0 Å². The van der Waals surface area contributed by atoms with Crippen molar-refractivity contribution in [2.45, 2.75) is 31.1 Å². The van der Waals surface area contributed by atoms with Gasteiger partial charge in [0.1, 0.15) is 0 Å². The van der Waals surface area contributed by atoms with Gasteiger partial charge in [-0.15, -0.1) is 0 Å². The van der Waals surface area contributed by atoms with Crippen molar-refractivity contribution in [1.82, 2.24) is 10.6 Å². The second-order valence-corrected chi connectivity index (χ2v) is 5.57. The fraction of sp³-hybridized carbons (Fsp3) is 0.909. The minimum atomic E-state index is -0.853. The largest absolute Gasteiger partial charge is 0.387 e. The molecule has 3 unspecified atom stereocenters. The van der Waals surface area contributed by atoms with Crippen LogP contribution in [0.4, 0.5) is 0 Å². The molecular weight excluding hydrogens is 240 g/mol. The minimum Gasteiger partial charge on any atom is -0.387 e. The summed E-state index contributed by atoms with van der Waals surface area (Å²) in [4.78, 5) is 11.8. The summed E-state index contributed by atoms with van der Waals surface area (Å²) in [6, 6.07) is -0.204. The average Bonchev–Trinajstić information content (AvgIpc) is 2.74. The lowest BCUT2D eigenvalue weighted by atomic mass is 10.1. The maximum Gasteiger partial charge on any atom is 0.237 e. The van der Waals surface area contributed by atoms with Crippen LogP contribution >= 0.6 is 11.8 Å². The smallest absolute Gasteiger partial charge is 0.237 e. The summed E-state index contributed by atoms with van der Waals surface area (Å²) >= 11 is 1.56. The van der Waals surface area contributed by atoms with E-state index in [0.717, 1.165) is 0 Å². The normalized spacial score (nSPS) is 27.8. The lowest BCUT2D eigenvalue weighted by Crippen LogP contribution is -2.47. The maximum absolute atomic E-state index is 11.8. The molecule has 1 aliphatic rings. The van der Waals surface area contributed by atoms with Crippen molar-refractivity contribution < 1.29 is 14.6 Å². The fourth-order valence-electron chi connectivity index (χ4n) is 1.85. The first-order chi connectivity index (χ1) is 7.98. The van der Waals surface area contributed by atoms with Crippen LogP contribution in [0.3, 0.4) is 0 Å². The summed E-state index contributed by atoms with van der Waals surface area (Å²) in [7, 11) is 1.65. The zero-order valence-corrected chi connectivity index (χ0v) is 11.5. The molecule has 3 N–H and O–H groups in total. The van der Waals surface area contributed by atoms with E-state index in [1.165, 1.54) is 0 Å². The first-order valence-corrected chi connectivity index (χ1v) is 7.13. The van der Waals surface area contributed by atoms with Crippen molar-refractivity contribution in [3.63, 3.8) is 0 Å². The first-order valence-electron chi connectivity index (χ1n) is 5.73. The average molecular weight is 262 g/mol. The number of hydrogen-bond acceptors (Lipinski definition) is 5. The van der Waals surface area contributed by atoms with Gasteiger partial charge in [0.15, 0.2) is 0 Å². The maximum atomic E-state index is 11.8. The van der Waals surface area contributed by atoms with Crippen LogP contribution in [0.2, 0.25) is 0 Å². The predicted molar refractivity (Wildman–Crippen MR) is 69.2 cm³/mol. The van der Waals surface area contributed by atoms with E-state index in [2.05, 4.69) is 10.6 Å². The van der Waals surface area contributed by atoms with Gasteiger partial charge in [-0.1, -0.05) is 0 Å². The van der Waals surface area contributed by atoms with E-state index in [4.69, 9.17) is 4.74 Å². The van der Waals surface area contributed by atoms with E-state index in [0.29, 0.717) is 18.7 Å². The van der Waals surface area contributed by atoms with Crippen LogP contribution in [0, 0.1) is 0 Å². The Balaban J connectivity index is 2.30. The monoisotopic (exact) mass is 262 g/mol. The van der Waals surface area contributed by atoms with Crippen LogP contribution in [-0.2, 0) is 9.53 Å². The summed E-state index contributed by atoms with van der Waals surface area (Å²) in [5.74, 6) is 0.539. The molecule has 0 aromatic carbocycles. The van der Waals surface area contributed by atoms with E-state index in [1.807, 2.05) is 6.26 Å². The molecule has 3 atom stereocenters. The molecule has 0 spiro atoms. The van der Waals surface area contributed by atoms with Gasteiger partial charge < -0.3 is 20.5 Å². The zero-order valence-electron chi connectivity index (χ0n) is 10.7. The van der Waals surface area contributed by atoms with E-state index in [1.54, 1.807) is 25.8 Å². The number of thioether (sulfide) groups is 1. The van der Waals surface area contributed by atoms with E-state index >= 15 is 0 Å². The Labute approximate surface area is 107 Å². The van der Waals surface area contributed by atoms with Crippen LogP contribution in [0.15, 0.2) is 0 Å². The summed E-state index contributed by atoms with van der Waals surface area (Å²) < 4.78 is 5.18. The highest BCUT2D eigenvalue weighted by atomic mass is 32.2. The van der Waals surface area contributed by atoms with Gasteiger partial charge in [-0.25, -0.2) is 0 Å². The fourth-order valence-corrected chi connectivity index (χ4v) is 2.57. The first kappa shape index (κ1) is 14.8. The van der Waals surface area contributed by atoms with Crippen molar-refractivity contribution in [3.05, 3.63) is 0 Å². The highest BCUT2D eigenvalue weighted by Gasteiger charge is 2.30. The lowest BCUT2D eigenvalue weighted by molar-refractivity contribution is -0.123. The minimum absolute atomic E-state index is 0.0640. The van der Waals surface area contributed by atoms with Crippen molar-refractivity contribution in [3.8, 4) is 0 Å². The van der Waals surface area contributed by atoms with Crippen molar-refractivity contribution in [2.24, 2.45) is 0 Å². The number of ether oxygens (including phenoxy) is 1. The Hall–Kier alpha value is -0.300. The quantitative estimate of drug-likeness (QED) is 0.607. The van der Waals surface area contributed by atoms with Crippen LogP contribution in [-0.4, -0.2) is 61.0 Å². The number of amides is 1. The third-order valence-electron chi connectivity index (χ3n) is 2.84. The summed E-state index contributed by atoms with van der Waals surface area (Å²) in [6.07, 6.45) is 2.72. The summed E-state index contributed by atoms with van der Waals surface area (Å²) in [6.45, 7) is 2.71. The Kier molecular flexibility index (Phi) is 5.72. The molecule has 17 heavy (non-hydrogen) atoms. The molecule has 1 fully saturated rings. The molecule has 0 aromatic rings. The zero-order chi connectivity index (χ0) is 12.9. The van der Waals surface area contributed by atoms with Crippen LogP contribution in [0.1, 0.15) is 13.3 Å². The summed E-state index contributed by atoms with van der Waals surface area (Å²) in [5, 5.41) is 15.8. The van der Waals surface area contributed by atoms with Gasteiger partial charge in [0.25, 0.3) is 0 Å². The lowest BCUT2D eigenvalue weighted by Gasteiger charge is -2.23. The molecule has 0 saturated carbocycles. The van der Waals surface area contributed by atoms with E-state index < -0.39 is 5.60 Å². The highest BCUT2D eigenvalue weighted by molar-refractivity contribution is 7.98. The topological polar surface area (TPSA) is 70.6 Å². The summed E-state index contributed by atoms with van der Waals surface area (Å²) in [5.41, 5.74) is -0.853. The molecule has 1 amide bonds. The molecule has 0 radical (unpaired) electrons. The van der Waals surface area contributed by atoms with Gasteiger partial charge in [-0.3, -0.25) is 4.79 Å². The number of rotatable bonds is 6. The molecule has 1 saturated heterocycles. The predicted octanol–water partition coefficient (Wildman–Crippen LogP) is -0.406. The number of carbonyl (C=O) groups is 1. The Morgan fingerprint density at radius 3 is 2.94 bits per heavy atom. The number of carbonyl (C=O) groups excluding carboxylic acids is 1. The highest BCUT2D eigenvalue weighted by Crippen LogP contribution is 2.11.